The molecule has 0 radical (unpaired) electrons. The molecule has 1 aromatic carbocycles. The zero-order valence-electron chi connectivity index (χ0n) is 29.1. The zero-order chi connectivity index (χ0) is 31.0. The Morgan fingerprint density at radius 2 is 0.907 bits per heavy atom. The Bertz CT molecular complexity index is 946. The maximum absolute atomic E-state index is 6.38. The molecule has 0 bridgehead atoms. The van der Waals surface area contributed by atoms with Gasteiger partial charge < -0.3 is 9.47 Å². The maximum atomic E-state index is 6.38. The average Bonchev–Trinajstić information content (AvgIpc) is 2.99. The number of pyridine rings is 1. The number of nitrogens with zero attached hydrogens (tertiary/aromatic N) is 1. The summed E-state index contributed by atoms with van der Waals surface area (Å²) in [6.45, 7) is 13.7. The number of aryl methyl sites for hydroxylation is 4. The third kappa shape index (κ3) is 17.1. The van der Waals surface area contributed by atoms with E-state index < -0.39 is 0 Å². The molecule has 0 spiro atoms. The molecule has 2 rings (SSSR count). The SMILES string of the molecule is CCCCCCCCCCCCOc1ccc(CC[n+]2c(C)cc(C)cc2C)cc1OCCCCCCCCCCCC. The van der Waals surface area contributed by atoms with Gasteiger partial charge in [-0.25, -0.2) is 0 Å². The standard InChI is InChI=1S/C40H68NO2/c1-6-8-10-12-14-16-18-20-22-24-30-42-39-27-26-38(28-29-41-36(4)32-35(3)33-37(41)5)34-40(39)43-31-25-23-21-19-17-15-13-11-9-7-2/h26-27,32-34H,6-25,28-31H2,1-5H3/q+1. The van der Waals surface area contributed by atoms with Gasteiger partial charge in [0.05, 0.1) is 13.2 Å². The van der Waals surface area contributed by atoms with Crippen molar-refractivity contribution in [1.29, 1.82) is 0 Å². The normalized spacial score (nSPS) is 11.3. The highest BCUT2D eigenvalue weighted by Crippen LogP contribution is 2.29. The third-order valence-corrected chi connectivity index (χ3v) is 8.87. The van der Waals surface area contributed by atoms with Crippen LogP contribution in [0.25, 0.3) is 0 Å². The predicted octanol–water partition coefficient (Wildman–Crippen LogP) is 11.7. The van der Waals surface area contributed by atoms with Gasteiger partial charge in [-0.3, -0.25) is 0 Å². The second-order valence-electron chi connectivity index (χ2n) is 13.1. The summed E-state index contributed by atoms with van der Waals surface area (Å²) >= 11 is 0. The van der Waals surface area contributed by atoms with Crippen molar-refractivity contribution < 1.29 is 14.0 Å². The Hall–Kier alpha value is -2.03. The van der Waals surface area contributed by atoms with E-state index in [0.717, 1.165) is 50.5 Å². The van der Waals surface area contributed by atoms with Crippen molar-refractivity contribution in [1.82, 2.24) is 0 Å². The van der Waals surface area contributed by atoms with Gasteiger partial charge in [0, 0.05) is 32.4 Å². The molecule has 0 unspecified atom stereocenters. The fraction of sp³-hybridized carbons (Fsp3) is 0.725. The average molecular weight is 595 g/mol. The van der Waals surface area contributed by atoms with Gasteiger partial charge in [0.25, 0.3) is 0 Å². The van der Waals surface area contributed by atoms with Crippen LogP contribution in [-0.4, -0.2) is 13.2 Å². The lowest BCUT2D eigenvalue weighted by Crippen LogP contribution is -2.41. The topological polar surface area (TPSA) is 22.3 Å². The van der Waals surface area contributed by atoms with Gasteiger partial charge in [-0.05, 0) is 43.0 Å². The van der Waals surface area contributed by atoms with E-state index in [-0.39, 0.29) is 0 Å². The summed E-state index contributed by atoms with van der Waals surface area (Å²) in [6, 6.07) is 11.2. The van der Waals surface area contributed by atoms with Crippen molar-refractivity contribution in [2.24, 2.45) is 0 Å². The molecule has 43 heavy (non-hydrogen) atoms. The number of hydrogen-bond donors (Lipinski definition) is 0. The third-order valence-electron chi connectivity index (χ3n) is 8.87. The lowest BCUT2D eigenvalue weighted by Gasteiger charge is -2.15. The van der Waals surface area contributed by atoms with Crippen LogP contribution < -0.4 is 14.0 Å². The van der Waals surface area contributed by atoms with Gasteiger partial charge in [-0.2, -0.15) is 4.57 Å². The predicted molar refractivity (Wildman–Crippen MR) is 186 cm³/mol. The highest BCUT2D eigenvalue weighted by atomic mass is 16.5. The number of aromatic nitrogens is 1. The molecule has 3 heteroatoms. The highest BCUT2D eigenvalue weighted by Gasteiger charge is 2.13. The van der Waals surface area contributed by atoms with Crippen LogP contribution in [0.4, 0.5) is 0 Å². The Kier molecular flexibility index (Phi) is 21.0. The van der Waals surface area contributed by atoms with E-state index in [9.17, 15) is 0 Å². The molecule has 1 aromatic heterocycles. The van der Waals surface area contributed by atoms with Gasteiger partial charge in [-0.1, -0.05) is 135 Å². The Labute approximate surface area is 267 Å². The quantitative estimate of drug-likeness (QED) is 0.0758. The summed E-state index contributed by atoms with van der Waals surface area (Å²) < 4.78 is 15.1. The molecule has 0 fully saturated rings. The number of benzene rings is 1. The summed E-state index contributed by atoms with van der Waals surface area (Å²) in [7, 11) is 0. The van der Waals surface area contributed by atoms with Crippen molar-refractivity contribution in [3.8, 4) is 11.5 Å². The molecule has 0 aliphatic heterocycles. The van der Waals surface area contributed by atoms with E-state index in [1.54, 1.807) is 0 Å². The van der Waals surface area contributed by atoms with Crippen LogP contribution in [0.2, 0.25) is 0 Å². The van der Waals surface area contributed by atoms with E-state index in [2.05, 4.69) is 69.5 Å². The van der Waals surface area contributed by atoms with Gasteiger partial charge in [-0.15, -0.1) is 0 Å². The van der Waals surface area contributed by atoms with Crippen LogP contribution in [0.5, 0.6) is 11.5 Å². The van der Waals surface area contributed by atoms with E-state index in [0.29, 0.717) is 0 Å². The molecule has 0 atom stereocenters. The summed E-state index contributed by atoms with van der Waals surface area (Å²) in [5, 5.41) is 0. The minimum atomic E-state index is 0.777. The molecule has 0 aliphatic rings. The molecule has 2 aromatic rings. The minimum absolute atomic E-state index is 0.777. The highest BCUT2D eigenvalue weighted by molar-refractivity contribution is 5.43. The van der Waals surface area contributed by atoms with E-state index in [4.69, 9.17) is 9.47 Å². The second-order valence-corrected chi connectivity index (χ2v) is 13.1. The van der Waals surface area contributed by atoms with Crippen LogP contribution >= 0.6 is 0 Å². The first-order valence-corrected chi connectivity index (χ1v) is 18.4. The fourth-order valence-electron chi connectivity index (χ4n) is 6.21. The summed E-state index contributed by atoms with van der Waals surface area (Å²) in [5.41, 5.74) is 5.30. The van der Waals surface area contributed by atoms with Crippen LogP contribution in [0.1, 0.15) is 165 Å². The Morgan fingerprint density at radius 1 is 0.488 bits per heavy atom. The molecule has 0 aliphatic carbocycles. The Morgan fingerprint density at radius 3 is 1.37 bits per heavy atom. The van der Waals surface area contributed by atoms with E-state index >= 15 is 0 Å². The van der Waals surface area contributed by atoms with Crippen LogP contribution in [0.15, 0.2) is 30.3 Å². The fourth-order valence-corrected chi connectivity index (χ4v) is 6.21. The largest absolute Gasteiger partial charge is 0.490 e. The number of unbranched alkanes of at least 4 members (excludes halogenated alkanes) is 18. The smallest absolute Gasteiger partial charge is 0.178 e. The van der Waals surface area contributed by atoms with Gasteiger partial charge in [0.2, 0.25) is 0 Å². The second kappa shape index (κ2) is 24.3. The lowest BCUT2D eigenvalue weighted by atomic mass is 10.1. The number of rotatable bonds is 27. The summed E-state index contributed by atoms with van der Waals surface area (Å²) in [4.78, 5) is 0. The number of ether oxygens (including phenoxy) is 2. The van der Waals surface area contributed by atoms with Gasteiger partial charge >= 0.3 is 0 Å². The molecular weight excluding hydrogens is 526 g/mol. The number of hydrogen-bond acceptors (Lipinski definition) is 2. The van der Waals surface area contributed by atoms with E-state index in [1.807, 2.05) is 0 Å². The maximum Gasteiger partial charge on any atom is 0.178 e. The molecule has 244 valence electrons. The molecular formula is C40H68NO2+. The minimum Gasteiger partial charge on any atom is -0.490 e. The van der Waals surface area contributed by atoms with Crippen molar-refractivity contribution in [2.75, 3.05) is 13.2 Å². The van der Waals surface area contributed by atoms with Gasteiger partial charge in [0.1, 0.15) is 0 Å². The summed E-state index contributed by atoms with van der Waals surface area (Å²) in [6.07, 6.45) is 27.8. The van der Waals surface area contributed by atoms with Crippen molar-refractivity contribution >= 4 is 0 Å². The van der Waals surface area contributed by atoms with Crippen molar-refractivity contribution in [3.63, 3.8) is 0 Å². The first-order valence-electron chi connectivity index (χ1n) is 18.4. The lowest BCUT2D eigenvalue weighted by molar-refractivity contribution is -0.708. The van der Waals surface area contributed by atoms with Crippen LogP contribution in [0.3, 0.4) is 0 Å². The molecule has 0 saturated heterocycles. The monoisotopic (exact) mass is 595 g/mol. The molecule has 0 amide bonds. The molecule has 1 heterocycles. The van der Waals surface area contributed by atoms with Crippen LogP contribution in [-0.2, 0) is 13.0 Å². The van der Waals surface area contributed by atoms with E-state index in [1.165, 1.54) is 138 Å². The first kappa shape index (κ1) is 37.2. The van der Waals surface area contributed by atoms with Gasteiger partial charge in [0.15, 0.2) is 29.4 Å². The first-order chi connectivity index (χ1) is 21.0. The molecule has 3 nitrogen and oxygen atoms in total. The molecule has 0 saturated carbocycles. The van der Waals surface area contributed by atoms with Crippen LogP contribution in [0, 0.1) is 20.8 Å². The van der Waals surface area contributed by atoms with Crippen molar-refractivity contribution in [2.45, 2.75) is 176 Å². The Balaban J connectivity index is 1.80. The van der Waals surface area contributed by atoms with Crippen molar-refractivity contribution in [3.05, 3.63) is 52.8 Å². The summed E-state index contributed by atoms with van der Waals surface area (Å²) in [5.74, 6) is 1.85. The molecule has 0 N–H and O–H groups in total. The zero-order valence-corrected chi connectivity index (χ0v) is 29.1.